The van der Waals surface area contributed by atoms with Crippen molar-refractivity contribution in [1.82, 2.24) is 0 Å². The molecule has 0 saturated carbocycles. The Morgan fingerprint density at radius 2 is 1.81 bits per heavy atom. The standard InChI is InChI=1S/C13H20O8/c1-7(14)18-6-11(20-9(3)16)13-10(19-8(2)15)5-12(17-4)21-13/h10-13H,5-6H2,1-4H3/t10-,11-,12+,13+/m0/s1. The smallest absolute Gasteiger partial charge is 0.303 e. The van der Waals surface area contributed by atoms with Crippen molar-refractivity contribution in [3.05, 3.63) is 0 Å². The average Bonchev–Trinajstić information content (AvgIpc) is 2.76. The maximum Gasteiger partial charge on any atom is 0.303 e. The molecule has 0 aliphatic carbocycles. The van der Waals surface area contributed by atoms with Crippen molar-refractivity contribution < 1.29 is 38.1 Å². The van der Waals surface area contributed by atoms with Crippen LogP contribution in [0.1, 0.15) is 27.2 Å². The monoisotopic (exact) mass is 304 g/mol. The topological polar surface area (TPSA) is 97.4 Å². The summed E-state index contributed by atoms with van der Waals surface area (Å²) in [5.41, 5.74) is 0. The summed E-state index contributed by atoms with van der Waals surface area (Å²) < 4.78 is 25.7. The number of hydrogen-bond donors (Lipinski definition) is 0. The van der Waals surface area contributed by atoms with E-state index in [1.165, 1.54) is 27.9 Å². The van der Waals surface area contributed by atoms with Crippen LogP contribution < -0.4 is 0 Å². The summed E-state index contributed by atoms with van der Waals surface area (Å²) in [6.07, 6.45) is -2.57. The van der Waals surface area contributed by atoms with E-state index in [9.17, 15) is 14.4 Å². The summed E-state index contributed by atoms with van der Waals surface area (Å²) in [5, 5.41) is 0. The Morgan fingerprint density at radius 3 is 2.29 bits per heavy atom. The largest absolute Gasteiger partial charge is 0.462 e. The first kappa shape index (κ1) is 17.4. The third-order valence-corrected chi connectivity index (χ3v) is 2.81. The van der Waals surface area contributed by atoms with Crippen LogP contribution in [0.3, 0.4) is 0 Å². The van der Waals surface area contributed by atoms with E-state index in [2.05, 4.69) is 0 Å². The van der Waals surface area contributed by atoms with Gasteiger partial charge in [-0.1, -0.05) is 0 Å². The summed E-state index contributed by atoms with van der Waals surface area (Å²) in [4.78, 5) is 33.2. The second-order valence-corrected chi connectivity index (χ2v) is 4.60. The van der Waals surface area contributed by atoms with Gasteiger partial charge in [0.05, 0.1) is 0 Å². The van der Waals surface area contributed by atoms with Gasteiger partial charge in [-0.3, -0.25) is 14.4 Å². The van der Waals surface area contributed by atoms with Gasteiger partial charge in [-0.05, 0) is 0 Å². The molecule has 0 bridgehead atoms. The zero-order valence-electron chi connectivity index (χ0n) is 12.5. The molecule has 0 spiro atoms. The van der Waals surface area contributed by atoms with Crippen LogP contribution in [0.2, 0.25) is 0 Å². The van der Waals surface area contributed by atoms with Crippen molar-refractivity contribution in [3.63, 3.8) is 0 Å². The van der Waals surface area contributed by atoms with Gasteiger partial charge >= 0.3 is 17.9 Å². The van der Waals surface area contributed by atoms with Crippen LogP contribution in [0.5, 0.6) is 0 Å². The minimum absolute atomic E-state index is 0.187. The van der Waals surface area contributed by atoms with Crippen LogP contribution in [0, 0.1) is 0 Å². The van der Waals surface area contributed by atoms with E-state index in [-0.39, 0.29) is 6.61 Å². The Balaban J connectivity index is 2.81. The lowest BCUT2D eigenvalue weighted by Crippen LogP contribution is -2.42. The average molecular weight is 304 g/mol. The van der Waals surface area contributed by atoms with Gasteiger partial charge in [0, 0.05) is 34.3 Å². The lowest BCUT2D eigenvalue weighted by Gasteiger charge is -2.26. The van der Waals surface area contributed by atoms with Crippen LogP contribution >= 0.6 is 0 Å². The highest BCUT2D eigenvalue weighted by atomic mass is 16.7. The molecule has 0 aromatic rings. The predicted octanol–water partition coefficient (Wildman–Crippen LogP) is 0.174. The number of esters is 3. The summed E-state index contributed by atoms with van der Waals surface area (Å²) in [6.45, 7) is 3.55. The van der Waals surface area contributed by atoms with E-state index in [4.69, 9.17) is 23.7 Å². The molecule has 0 amide bonds. The van der Waals surface area contributed by atoms with Crippen molar-refractivity contribution in [2.24, 2.45) is 0 Å². The zero-order valence-corrected chi connectivity index (χ0v) is 12.5. The Hall–Kier alpha value is -1.67. The number of carbonyl (C=O) groups excluding carboxylic acids is 3. The van der Waals surface area contributed by atoms with Crippen LogP contribution in [0.4, 0.5) is 0 Å². The van der Waals surface area contributed by atoms with Gasteiger partial charge in [-0.2, -0.15) is 0 Å². The molecule has 1 heterocycles. The van der Waals surface area contributed by atoms with Crippen LogP contribution in [0.15, 0.2) is 0 Å². The van der Waals surface area contributed by atoms with E-state index in [0.717, 1.165) is 0 Å². The van der Waals surface area contributed by atoms with Gasteiger partial charge in [0.1, 0.15) is 18.8 Å². The maximum atomic E-state index is 11.2. The molecule has 4 atom stereocenters. The van der Waals surface area contributed by atoms with Crippen LogP contribution in [0.25, 0.3) is 0 Å². The second-order valence-electron chi connectivity index (χ2n) is 4.60. The highest BCUT2D eigenvalue weighted by molar-refractivity contribution is 5.67. The molecule has 1 fully saturated rings. The molecule has 1 saturated heterocycles. The molecule has 120 valence electrons. The Labute approximate surface area is 122 Å². The first-order chi connectivity index (χ1) is 9.83. The summed E-state index contributed by atoms with van der Waals surface area (Å²) in [6, 6.07) is 0. The van der Waals surface area contributed by atoms with Crippen molar-refractivity contribution in [2.45, 2.75) is 51.8 Å². The minimum atomic E-state index is -0.879. The van der Waals surface area contributed by atoms with Gasteiger partial charge in [-0.25, -0.2) is 0 Å². The molecule has 8 heteroatoms. The summed E-state index contributed by atoms with van der Waals surface area (Å²) >= 11 is 0. The quantitative estimate of drug-likeness (QED) is 0.506. The van der Waals surface area contributed by atoms with Crippen LogP contribution in [-0.2, 0) is 38.1 Å². The highest BCUT2D eigenvalue weighted by Crippen LogP contribution is 2.28. The first-order valence-corrected chi connectivity index (χ1v) is 6.49. The minimum Gasteiger partial charge on any atom is -0.462 e. The van der Waals surface area contributed by atoms with E-state index >= 15 is 0 Å². The third kappa shape index (κ3) is 5.68. The van der Waals surface area contributed by atoms with Crippen molar-refractivity contribution >= 4 is 17.9 Å². The molecule has 1 rings (SSSR count). The van der Waals surface area contributed by atoms with Gasteiger partial charge < -0.3 is 23.7 Å². The third-order valence-electron chi connectivity index (χ3n) is 2.81. The zero-order chi connectivity index (χ0) is 16.0. The van der Waals surface area contributed by atoms with Gasteiger partial charge in [0.15, 0.2) is 12.4 Å². The Kier molecular flexibility index (Phi) is 6.57. The van der Waals surface area contributed by atoms with E-state index in [0.29, 0.717) is 6.42 Å². The fraction of sp³-hybridized carbons (Fsp3) is 0.769. The molecule has 0 unspecified atom stereocenters. The summed E-state index contributed by atoms with van der Waals surface area (Å²) in [5.74, 6) is -1.56. The lowest BCUT2D eigenvalue weighted by molar-refractivity contribution is -0.186. The first-order valence-electron chi connectivity index (χ1n) is 6.49. The molecule has 0 radical (unpaired) electrons. The molecular weight excluding hydrogens is 284 g/mol. The molecule has 1 aliphatic heterocycles. The summed E-state index contributed by atoms with van der Waals surface area (Å²) in [7, 11) is 1.45. The van der Waals surface area contributed by atoms with Gasteiger partial charge in [0.25, 0.3) is 0 Å². The fourth-order valence-corrected chi connectivity index (χ4v) is 2.06. The molecule has 21 heavy (non-hydrogen) atoms. The van der Waals surface area contributed by atoms with Gasteiger partial charge in [0.2, 0.25) is 0 Å². The normalized spacial score (nSPS) is 26.0. The second kappa shape index (κ2) is 7.94. The SMILES string of the molecule is CO[C@H]1C[C@H](OC(C)=O)[C@H]([C@H](COC(C)=O)OC(C)=O)O1. The van der Waals surface area contributed by atoms with Gasteiger partial charge in [-0.15, -0.1) is 0 Å². The van der Waals surface area contributed by atoms with E-state index < -0.39 is 42.5 Å². The number of hydrogen-bond acceptors (Lipinski definition) is 8. The molecule has 8 nitrogen and oxygen atoms in total. The highest BCUT2D eigenvalue weighted by Gasteiger charge is 2.44. The van der Waals surface area contributed by atoms with E-state index in [1.54, 1.807) is 0 Å². The predicted molar refractivity (Wildman–Crippen MR) is 68.0 cm³/mol. The Bertz CT molecular complexity index is 394. The Morgan fingerprint density at radius 1 is 1.14 bits per heavy atom. The maximum absolute atomic E-state index is 11.2. The van der Waals surface area contributed by atoms with Crippen molar-refractivity contribution in [1.29, 1.82) is 0 Å². The fourth-order valence-electron chi connectivity index (χ4n) is 2.06. The lowest BCUT2D eigenvalue weighted by atomic mass is 10.1. The molecule has 0 N–H and O–H groups in total. The van der Waals surface area contributed by atoms with E-state index in [1.807, 2.05) is 0 Å². The molecular formula is C13H20O8. The number of methoxy groups -OCH3 is 1. The van der Waals surface area contributed by atoms with Crippen molar-refractivity contribution in [3.8, 4) is 0 Å². The molecule has 0 aromatic heterocycles. The van der Waals surface area contributed by atoms with Crippen molar-refractivity contribution in [2.75, 3.05) is 13.7 Å². The molecule has 0 aromatic carbocycles. The van der Waals surface area contributed by atoms with Crippen LogP contribution in [-0.4, -0.2) is 56.2 Å². The number of ether oxygens (including phenoxy) is 5. The number of carbonyl (C=O) groups is 3. The number of rotatable bonds is 6. The molecule has 1 aliphatic rings.